The van der Waals surface area contributed by atoms with Crippen molar-refractivity contribution in [1.29, 1.82) is 0 Å². The van der Waals surface area contributed by atoms with Crippen molar-refractivity contribution < 1.29 is 33.6 Å². The van der Waals surface area contributed by atoms with Crippen molar-refractivity contribution in [3.63, 3.8) is 0 Å². The zero-order valence-corrected chi connectivity index (χ0v) is 29.7. The van der Waals surface area contributed by atoms with Gasteiger partial charge in [-0.05, 0) is 87.6 Å². The number of aryl methyl sites for hydroxylation is 1. The summed E-state index contributed by atoms with van der Waals surface area (Å²) in [5, 5.41) is 8.77. The first-order valence-corrected chi connectivity index (χ1v) is 18.6. The number of nitrogens with one attached hydrogen (secondary N) is 2. The molecule has 3 aromatic rings. The number of likely N-dealkylation sites (N-methyl/N-ethyl adjacent to an activating group) is 1. The number of carbonyl (C=O) groups excluding carboxylic acids is 6. The number of fused-ring (bicyclic) bond motifs is 1. The van der Waals surface area contributed by atoms with Gasteiger partial charge in [-0.3, -0.25) is 24.0 Å². The second-order valence-corrected chi connectivity index (χ2v) is 14.1. The average molecular weight is 706 g/mol. The fourth-order valence-electron chi connectivity index (χ4n) is 6.70. The van der Waals surface area contributed by atoms with Crippen molar-refractivity contribution in [1.82, 2.24) is 20.3 Å². The number of unbranched alkanes of at least 4 members (excludes halogenated alkanes) is 4. The Morgan fingerprint density at radius 2 is 1.66 bits per heavy atom. The molecule has 5 rings (SSSR count). The summed E-state index contributed by atoms with van der Waals surface area (Å²) in [6.45, 7) is 5.10. The first-order chi connectivity index (χ1) is 24.1. The van der Waals surface area contributed by atoms with E-state index in [-0.39, 0.29) is 55.5 Å². The minimum atomic E-state index is -0.575. The molecule has 2 N–H and O–H groups in total. The monoisotopic (exact) mass is 705 g/mol. The number of carbonyl (C=O) groups is 6. The lowest BCUT2D eigenvalue weighted by molar-refractivity contribution is -0.197. The number of thiophene rings is 1. The maximum Gasteiger partial charge on any atom is 0.333 e. The molecule has 1 aliphatic carbocycles. The highest BCUT2D eigenvalue weighted by Gasteiger charge is 2.33. The third-order valence-corrected chi connectivity index (χ3v) is 10.3. The van der Waals surface area contributed by atoms with Crippen LogP contribution < -0.4 is 15.5 Å². The second-order valence-electron chi connectivity index (χ2n) is 13.1. The van der Waals surface area contributed by atoms with Gasteiger partial charge < -0.3 is 24.9 Å². The van der Waals surface area contributed by atoms with Crippen LogP contribution in [0.15, 0.2) is 41.8 Å². The largest absolute Gasteiger partial charge is 0.356 e. The Kier molecular flexibility index (Phi) is 12.8. The van der Waals surface area contributed by atoms with Crippen LogP contribution in [0, 0.1) is 12.8 Å². The fourth-order valence-corrected chi connectivity index (χ4v) is 7.52. The quantitative estimate of drug-likeness (QED) is 0.150. The normalized spacial score (nSPS) is 17.6. The number of amides is 5. The van der Waals surface area contributed by atoms with Crippen LogP contribution >= 0.6 is 11.3 Å². The van der Waals surface area contributed by atoms with E-state index in [9.17, 15) is 28.8 Å². The molecule has 1 saturated carbocycles. The van der Waals surface area contributed by atoms with Gasteiger partial charge in [-0.15, -0.1) is 16.4 Å². The standard InChI is InChI=1S/C37H47N5O7S/c1-3-40(28-11-9-10-25(2)22-28)34(45)24-41-29-19-21-50-31(29)23-30(41)37(48)39-27-15-13-26(14-16-27)36(47)38-20-8-6-4-5-7-12-35(46)49-42-32(43)17-18-33(42)44/h9-11,19,21-23,26-27H,3-8,12-18,20,24H2,1-2H3,(H,38,47)(H,39,48)/t26-,27-. The molecule has 2 aliphatic rings. The van der Waals surface area contributed by atoms with Gasteiger partial charge in [0.05, 0.1) is 10.2 Å². The molecule has 0 spiro atoms. The van der Waals surface area contributed by atoms with Gasteiger partial charge in [-0.2, -0.15) is 0 Å². The van der Waals surface area contributed by atoms with Crippen LogP contribution in [0.2, 0.25) is 0 Å². The predicted octanol–water partition coefficient (Wildman–Crippen LogP) is 5.42. The van der Waals surface area contributed by atoms with E-state index in [1.54, 1.807) is 16.2 Å². The maximum absolute atomic E-state index is 13.6. The Bertz CT molecular complexity index is 1690. The molecule has 50 heavy (non-hydrogen) atoms. The second kappa shape index (κ2) is 17.4. The molecule has 1 saturated heterocycles. The van der Waals surface area contributed by atoms with Crippen LogP contribution in [-0.2, 0) is 35.4 Å². The van der Waals surface area contributed by atoms with E-state index in [0.717, 1.165) is 47.2 Å². The van der Waals surface area contributed by atoms with Crippen molar-refractivity contribution >= 4 is 62.7 Å². The highest BCUT2D eigenvalue weighted by molar-refractivity contribution is 7.17. The van der Waals surface area contributed by atoms with E-state index in [0.29, 0.717) is 56.0 Å². The third kappa shape index (κ3) is 9.38. The van der Waals surface area contributed by atoms with Gasteiger partial charge in [0.1, 0.15) is 12.2 Å². The minimum absolute atomic E-state index is 0.0447. The van der Waals surface area contributed by atoms with Gasteiger partial charge in [0, 0.05) is 50.0 Å². The molecule has 0 unspecified atom stereocenters. The number of nitrogens with zero attached hydrogens (tertiary/aromatic N) is 3. The first-order valence-electron chi connectivity index (χ1n) is 17.7. The van der Waals surface area contributed by atoms with Crippen molar-refractivity contribution in [2.75, 3.05) is 18.0 Å². The molecule has 13 heteroatoms. The van der Waals surface area contributed by atoms with Crippen molar-refractivity contribution in [2.24, 2.45) is 5.92 Å². The summed E-state index contributed by atoms with van der Waals surface area (Å²) in [5.74, 6) is -1.86. The predicted molar refractivity (Wildman–Crippen MR) is 190 cm³/mol. The number of benzene rings is 1. The number of anilines is 1. The molecule has 0 atom stereocenters. The lowest BCUT2D eigenvalue weighted by Crippen LogP contribution is -2.42. The van der Waals surface area contributed by atoms with Gasteiger partial charge in [0.15, 0.2) is 0 Å². The van der Waals surface area contributed by atoms with E-state index in [1.165, 1.54) is 0 Å². The molecule has 1 aliphatic heterocycles. The maximum atomic E-state index is 13.6. The summed E-state index contributed by atoms with van der Waals surface area (Å²) < 4.78 is 2.77. The summed E-state index contributed by atoms with van der Waals surface area (Å²) >= 11 is 1.54. The van der Waals surface area contributed by atoms with E-state index in [1.807, 2.05) is 60.2 Å². The lowest BCUT2D eigenvalue weighted by Gasteiger charge is -2.28. The lowest BCUT2D eigenvalue weighted by atomic mass is 9.85. The number of hydroxylamine groups is 2. The summed E-state index contributed by atoms with van der Waals surface area (Å²) in [6, 6.07) is 11.6. The molecule has 2 fully saturated rings. The van der Waals surface area contributed by atoms with Crippen molar-refractivity contribution in [3.8, 4) is 0 Å². The van der Waals surface area contributed by atoms with Crippen LogP contribution in [-0.4, -0.2) is 64.3 Å². The molecular formula is C37H47N5O7S. The molecule has 268 valence electrons. The first kappa shape index (κ1) is 36.8. The number of rotatable bonds is 16. The van der Waals surface area contributed by atoms with Crippen LogP contribution in [0.5, 0.6) is 0 Å². The van der Waals surface area contributed by atoms with Crippen molar-refractivity contribution in [2.45, 2.75) is 103 Å². The SMILES string of the molecule is CCN(C(=O)Cn1c(C(=O)N[C@H]2CC[C@H](C(=O)NCCCCCCCC(=O)ON3C(=O)CCC3=O)CC2)cc2sccc21)c1cccc(C)c1. The zero-order valence-electron chi connectivity index (χ0n) is 28.9. The molecule has 12 nitrogen and oxygen atoms in total. The smallest absolute Gasteiger partial charge is 0.333 e. The Labute approximate surface area is 296 Å². The summed E-state index contributed by atoms with van der Waals surface area (Å²) in [7, 11) is 0. The van der Waals surface area contributed by atoms with Crippen LogP contribution in [0.4, 0.5) is 5.69 Å². The highest BCUT2D eigenvalue weighted by atomic mass is 32.1. The average Bonchev–Trinajstić information content (AvgIpc) is 3.79. The molecule has 1 aromatic carbocycles. The molecule has 3 heterocycles. The third-order valence-electron chi connectivity index (χ3n) is 9.47. The summed E-state index contributed by atoms with van der Waals surface area (Å²) in [4.78, 5) is 81.5. The molecule has 2 aromatic heterocycles. The topological polar surface area (TPSA) is 147 Å². The Hall–Kier alpha value is -4.52. The summed E-state index contributed by atoms with van der Waals surface area (Å²) in [5.41, 5.74) is 3.24. The zero-order chi connectivity index (χ0) is 35.6. The van der Waals surface area contributed by atoms with Crippen LogP contribution in [0.25, 0.3) is 10.2 Å². The molecule has 5 amide bonds. The van der Waals surface area contributed by atoms with E-state index >= 15 is 0 Å². The molecule has 0 bridgehead atoms. The molecule has 0 radical (unpaired) electrons. The number of hydrogen-bond acceptors (Lipinski definition) is 8. The number of imide groups is 1. The van der Waals surface area contributed by atoms with Crippen LogP contribution in [0.1, 0.15) is 100 Å². The Balaban J connectivity index is 1.00. The molecular weight excluding hydrogens is 659 g/mol. The van der Waals surface area contributed by atoms with E-state index in [2.05, 4.69) is 10.6 Å². The van der Waals surface area contributed by atoms with Gasteiger partial charge in [0.25, 0.3) is 17.7 Å². The number of aromatic nitrogens is 1. The van der Waals surface area contributed by atoms with Gasteiger partial charge >= 0.3 is 5.97 Å². The highest BCUT2D eigenvalue weighted by Crippen LogP contribution is 2.28. The van der Waals surface area contributed by atoms with Gasteiger partial charge in [-0.25, -0.2) is 4.79 Å². The Morgan fingerprint density at radius 1 is 0.940 bits per heavy atom. The van der Waals surface area contributed by atoms with Crippen LogP contribution in [0.3, 0.4) is 0 Å². The Morgan fingerprint density at radius 3 is 2.38 bits per heavy atom. The number of hydrogen-bond donors (Lipinski definition) is 2. The van der Waals surface area contributed by atoms with Gasteiger partial charge in [0.2, 0.25) is 11.8 Å². The minimum Gasteiger partial charge on any atom is -0.356 e. The van der Waals surface area contributed by atoms with E-state index in [4.69, 9.17) is 4.84 Å². The van der Waals surface area contributed by atoms with E-state index < -0.39 is 17.8 Å². The van der Waals surface area contributed by atoms with Crippen molar-refractivity contribution in [3.05, 3.63) is 53.0 Å². The summed E-state index contributed by atoms with van der Waals surface area (Å²) in [6.07, 6.45) is 7.16. The fraction of sp³-hybridized carbons (Fsp3) is 0.514. The van der Waals surface area contributed by atoms with Gasteiger partial charge in [-0.1, -0.05) is 31.4 Å².